The molecule has 0 saturated carbocycles. The molecule has 0 heterocycles. The molecule has 0 aromatic heterocycles. The highest BCUT2D eigenvalue weighted by atomic mass is 19.4. The van der Waals surface area contributed by atoms with Crippen molar-refractivity contribution < 1.29 is 26.3 Å². The number of benzene rings is 2. The lowest BCUT2D eigenvalue weighted by atomic mass is 9.79. The van der Waals surface area contributed by atoms with Crippen LogP contribution < -0.4 is 5.73 Å². The summed E-state index contributed by atoms with van der Waals surface area (Å²) in [5.41, 5.74) is 3.65. The molecule has 28 heavy (non-hydrogen) atoms. The minimum Gasteiger partial charge on any atom is -0.399 e. The zero-order valence-electron chi connectivity index (χ0n) is 15.7. The van der Waals surface area contributed by atoms with E-state index in [1.54, 1.807) is 0 Å². The van der Waals surface area contributed by atoms with Crippen LogP contribution in [0.2, 0.25) is 0 Å². The molecule has 0 saturated heterocycles. The van der Waals surface area contributed by atoms with Crippen LogP contribution >= 0.6 is 0 Å². The molecule has 0 aliphatic heterocycles. The third-order valence-corrected chi connectivity index (χ3v) is 5.16. The molecule has 2 aromatic carbocycles. The molecule has 0 radical (unpaired) electrons. The van der Waals surface area contributed by atoms with E-state index in [1.807, 2.05) is 31.2 Å². The summed E-state index contributed by atoms with van der Waals surface area (Å²) in [6.07, 6.45) is -8.43. The number of hydrogen-bond donors (Lipinski definition) is 1. The van der Waals surface area contributed by atoms with Gasteiger partial charge in [-0.2, -0.15) is 26.3 Å². The van der Waals surface area contributed by atoms with E-state index < -0.39 is 23.3 Å². The van der Waals surface area contributed by atoms with E-state index in [0.717, 1.165) is 42.2 Å². The van der Waals surface area contributed by atoms with Gasteiger partial charge in [-0.1, -0.05) is 49.7 Å². The third kappa shape index (κ3) is 4.28. The van der Waals surface area contributed by atoms with Gasteiger partial charge in [0.05, 0.1) is 0 Å². The Bertz CT molecular complexity index is 793. The zero-order chi connectivity index (χ0) is 21.2. The maximum absolute atomic E-state index is 13.4. The van der Waals surface area contributed by atoms with Gasteiger partial charge in [0.15, 0.2) is 5.41 Å². The first-order valence-electron chi connectivity index (χ1n) is 9.01. The Balaban J connectivity index is 2.39. The van der Waals surface area contributed by atoms with E-state index >= 15 is 0 Å². The standard InChI is InChI=1S/C21H23F6N/c1-3-6-14-7-4-5-8-15(14)9-10-16-13-17(11-12-18(16)28)19(2,20(22,23)24)21(25,26)27/h4-5,7-8,11-13H,3,6,9-10,28H2,1-2H3. The molecule has 0 unspecified atom stereocenters. The molecule has 0 spiro atoms. The van der Waals surface area contributed by atoms with Crippen molar-refractivity contribution in [2.24, 2.45) is 0 Å². The van der Waals surface area contributed by atoms with Gasteiger partial charge >= 0.3 is 12.4 Å². The Morgan fingerprint density at radius 1 is 0.750 bits per heavy atom. The Labute approximate surface area is 160 Å². The molecule has 0 aliphatic rings. The van der Waals surface area contributed by atoms with E-state index in [4.69, 9.17) is 5.73 Å². The molecular formula is C21H23F6N. The summed E-state index contributed by atoms with van der Waals surface area (Å²) < 4.78 is 80.1. The van der Waals surface area contributed by atoms with Gasteiger partial charge < -0.3 is 5.73 Å². The highest BCUT2D eigenvalue weighted by Crippen LogP contribution is 2.52. The van der Waals surface area contributed by atoms with Gasteiger partial charge in [-0.15, -0.1) is 0 Å². The van der Waals surface area contributed by atoms with Crippen molar-refractivity contribution in [3.05, 3.63) is 64.7 Å². The predicted molar refractivity (Wildman–Crippen MR) is 98.2 cm³/mol. The number of alkyl halides is 6. The van der Waals surface area contributed by atoms with Gasteiger partial charge in [0.1, 0.15) is 0 Å². The summed E-state index contributed by atoms with van der Waals surface area (Å²) in [6.45, 7) is 2.20. The van der Waals surface area contributed by atoms with Gasteiger partial charge in [0.25, 0.3) is 0 Å². The van der Waals surface area contributed by atoms with Crippen molar-refractivity contribution in [2.75, 3.05) is 5.73 Å². The molecule has 0 fully saturated rings. The topological polar surface area (TPSA) is 26.0 Å². The van der Waals surface area contributed by atoms with Crippen LogP contribution in [0.1, 0.15) is 42.5 Å². The Hall–Kier alpha value is -2.18. The molecule has 154 valence electrons. The lowest BCUT2D eigenvalue weighted by Crippen LogP contribution is -2.51. The van der Waals surface area contributed by atoms with Gasteiger partial charge in [-0.25, -0.2) is 0 Å². The molecule has 1 nitrogen and oxygen atoms in total. The molecule has 0 aliphatic carbocycles. The average molecular weight is 403 g/mol. The summed E-state index contributed by atoms with van der Waals surface area (Å²) in [5.74, 6) is 0. The van der Waals surface area contributed by atoms with Crippen LogP contribution in [0.15, 0.2) is 42.5 Å². The minimum atomic E-state index is -5.48. The van der Waals surface area contributed by atoms with E-state index in [9.17, 15) is 26.3 Å². The van der Waals surface area contributed by atoms with Crippen LogP contribution in [0.25, 0.3) is 0 Å². The molecule has 7 heteroatoms. The Kier molecular flexibility index (Phi) is 6.36. The summed E-state index contributed by atoms with van der Waals surface area (Å²) in [6, 6.07) is 10.5. The largest absolute Gasteiger partial charge is 0.406 e. The second-order valence-corrected chi connectivity index (χ2v) is 7.05. The van der Waals surface area contributed by atoms with E-state index in [-0.39, 0.29) is 24.6 Å². The molecule has 2 aromatic rings. The summed E-state index contributed by atoms with van der Waals surface area (Å²) in [7, 11) is 0. The van der Waals surface area contributed by atoms with Crippen molar-refractivity contribution in [1.82, 2.24) is 0 Å². The van der Waals surface area contributed by atoms with Gasteiger partial charge in [-0.05, 0) is 54.5 Å². The SMILES string of the molecule is CCCc1ccccc1CCc1cc(C(C)(C(F)(F)F)C(F)(F)F)ccc1N. The van der Waals surface area contributed by atoms with Crippen LogP contribution in [0.4, 0.5) is 32.0 Å². The number of rotatable bonds is 6. The third-order valence-electron chi connectivity index (χ3n) is 5.16. The first kappa shape index (κ1) is 22.1. The highest BCUT2D eigenvalue weighted by Gasteiger charge is 2.68. The quantitative estimate of drug-likeness (QED) is 0.439. The van der Waals surface area contributed by atoms with Crippen molar-refractivity contribution in [3.63, 3.8) is 0 Å². The van der Waals surface area contributed by atoms with Crippen LogP contribution in [0.3, 0.4) is 0 Å². The van der Waals surface area contributed by atoms with Gasteiger partial charge in [-0.3, -0.25) is 0 Å². The monoisotopic (exact) mass is 403 g/mol. The zero-order valence-corrected chi connectivity index (χ0v) is 15.7. The Morgan fingerprint density at radius 2 is 1.25 bits per heavy atom. The average Bonchev–Trinajstić information content (AvgIpc) is 2.60. The predicted octanol–water partition coefficient (Wildman–Crippen LogP) is 6.39. The lowest BCUT2D eigenvalue weighted by Gasteiger charge is -2.34. The molecular weight excluding hydrogens is 380 g/mol. The Morgan fingerprint density at radius 3 is 1.75 bits per heavy atom. The maximum Gasteiger partial charge on any atom is 0.406 e. The molecule has 0 atom stereocenters. The highest BCUT2D eigenvalue weighted by molar-refractivity contribution is 5.51. The van der Waals surface area contributed by atoms with Crippen molar-refractivity contribution in [1.29, 1.82) is 0 Å². The molecule has 0 bridgehead atoms. The lowest BCUT2D eigenvalue weighted by molar-refractivity contribution is -0.297. The number of nitrogens with two attached hydrogens (primary N) is 1. The van der Waals surface area contributed by atoms with Crippen molar-refractivity contribution >= 4 is 5.69 Å². The fourth-order valence-electron chi connectivity index (χ4n) is 3.21. The van der Waals surface area contributed by atoms with Crippen molar-refractivity contribution in [3.8, 4) is 0 Å². The number of nitrogen functional groups attached to an aromatic ring is 1. The van der Waals surface area contributed by atoms with Crippen LogP contribution in [-0.2, 0) is 24.7 Å². The first-order chi connectivity index (χ1) is 12.9. The van der Waals surface area contributed by atoms with Crippen molar-refractivity contribution in [2.45, 2.75) is 57.3 Å². The fourth-order valence-corrected chi connectivity index (χ4v) is 3.21. The number of hydrogen-bond acceptors (Lipinski definition) is 1. The smallest absolute Gasteiger partial charge is 0.399 e. The summed E-state index contributed by atoms with van der Waals surface area (Å²) in [4.78, 5) is 0. The van der Waals surface area contributed by atoms with Gasteiger partial charge in [0.2, 0.25) is 0 Å². The number of aryl methyl sites for hydroxylation is 3. The van der Waals surface area contributed by atoms with Crippen LogP contribution in [0, 0.1) is 0 Å². The van der Waals surface area contributed by atoms with Crippen LogP contribution in [0.5, 0.6) is 0 Å². The van der Waals surface area contributed by atoms with Gasteiger partial charge in [0, 0.05) is 5.69 Å². The molecule has 0 amide bonds. The van der Waals surface area contributed by atoms with E-state index in [2.05, 4.69) is 0 Å². The number of anilines is 1. The number of halogens is 6. The molecule has 2 N–H and O–H groups in total. The second-order valence-electron chi connectivity index (χ2n) is 7.05. The summed E-state index contributed by atoms with van der Waals surface area (Å²) in [5, 5.41) is 0. The fraction of sp³-hybridized carbons (Fsp3) is 0.429. The van der Waals surface area contributed by atoms with E-state index in [0.29, 0.717) is 6.42 Å². The summed E-state index contributed by atoms with van der Waals surface area (Å²) >= 11 is 0. The van der Waals surface area contributed by atoms with Crippen LogP contribution in [-0.4, -0.2) is 12.4 Å². The second kappa shape index (κ2) is 8.05. The normalized spacial score (nSPS) is 13.0. The first-order valence-corrected chi connectivity index (χ1v) is 9.01. The van der Waals surface area contributed by atoms with E-state index in [1.165, 1.54) is 0 Å². The minimum absolute atomic E-state index is 0.166. The molecule has 2 rings (SSSR count). The maximum atomic E-state index is 13.4.